The third-order valence-corrected chi connectivity index (χ3v) is 7.88. The third kappa shape index (κ3) is 8.32. The quantitative estimate of drug-likeness (QED) is 0.333. The van der Waals surface area contributed by atoms with Crippen molar-refractivity contribution in [3.63, 3.8) is 0 Å². The second-order valence-electron chi connectivity index (χ2n) is 9.98. The summed E-state index contributed by atoms with van der Waals surface area (Å²) in [7, 11) is -2.44. The van der Waals surface area contributed by atoms with Crippen LogP contribution in [-0.2, 0) is 32.6 Å². The highest BCUT2D eigenvalue weighted by molar-refractivity contribution is 7.92. The van der Waals surface area contributed by atoms with Gasteiger partial charge in [0.1, 0.15) is 18.3 Å². The molecule has 2 amide bonds. The number of aryl methyl sites for hydroxylation is 1. The molecule has 3 rings (SSSR count). The Morgan fingerprint density at radius 1 is 0.950 bits per heavy atom. The number of hydrogen-bond donors (Lipinski definition) is 1. The van der Waals surface area contributed by atoms with Crippen molar-refractivity contribution < 1.29 is 22.7 Å². The van der Waals surface area contributed by atoms with Gasteiger partial charge in [-0.3, -0.25) is 13.9 Å². The number of hydrogen-bond acceptors (Lipinski definition) is 5. The standard InChI is InChI=1S/C31H39N3O5S/c1-6-24(3)32-31(36)28(20-25-13-9-7-10-14-25)33(21-26-15-11-8-12-16-26)30(35)22-34(40(5,37)38)27-19-23(2)17-18-29(27)39-4/h7-19,24,28H,6,20-22H2,1-5H3,(H,32,36)/t24-,28-/m1/s1. The van der Waals surface area contributed by atoms with E-state index >= 15 is 0 Å². The molecule has 0 spiro atoms. The molecule has 0 aliphatic carbocycles. The lowest BCUT2D eigenvalue weighted by molar-refractivity contribution is -0.140. The lowest BCUT2D eigenvalue weighted by Crippen LogP contribution is -2.54. The number of anilines is 1. The number of carbonyl (C=O) groups excluding carboxylic acids is 2. The fraction of sp³-hybridized carbons (Fsp3) is 0.355. The van der Waals surface area contributed by atoms with Gasteiger partial charge in [-0.15, -0.1) is 0 Å². The number of benzene rings is 3. The summed E-state index contributed by atoms with van der Waals surface area (Å²) in [5.41, 5.74) is 2.79. The largest absolute Gasteiger partial charge is 0.495 e. The van der Waals surface area contributed by atoms with Crippen molar-refractivity contribution in [1.29, 1.82) is 0 Å². The number of amides is 2. The van der Waals surface area contributed by atoms with E-state index in [9.17, 15) is 18.0 Å². The molecular formula is C31H39N3O5S. The summed E-state index contributed by atoms with van der Waals surface area (Å²) in [6, 6.07) is 23.0. The molecule has 3 aromatic rings. The molecule has 3 aromatic carbocycles. The van der Waals surface area contributed by atoms with Gasteiger partial charge in [-0.1, -0.05) is 73.7 Å². The first-order chi connectivity index (χ1) is 19.0. The van der Waals surface area contributed by atoms with Gasteiger partial charge in [0.25, 0.3) is 0 Å². The maximum absolute atomic E-state index is 14.2. The van der Waals surface area contributed by atoms with Gasteiger partial charge in [-0.2, -0.15) is 0 Å². The van der Waals surface area contributed by atoms with E-state index < -0.39 is 28.5 Å². The first kappa shape index (κ1) is 30.7. The van der Waals surface area contributed by atoms with Crippen LogP contribution >= 0.6 is 0 Å². The molecule has 9 heteroatoms. The van der Waals surface area contributed by atoms with Crippen LogP contribution in [0.2, 0.25) is 0 Å². The SMILES string of the molecule is CC[C@@H](C)NC(=O)[C@@H](Cc1ccccc1)N(Cc1ccccc1)C(=O)CN(c1cc(C)ccc1OC)S(C)(=O)=O. The van der Waals surface area contributed by atoms with E-state index in [4.69, 9.17) is 4.74 Å². The van der Waals surface area contributed by atoms with E-state index in [0.717, 1.165) is 33.7 Å². The van der Waals surface area contributed by atoms with E-state index in [1.807, 2.05) is 81.4 Å². The van der Waals surface area contributed by atoms with Crippen molar-refractivity contribution >= 4 is 27.5 Å². The van der Waals surface area contributed by atoms with E-state index in [2.05, 4.69) is 5.32 Å². The van der Waals surface area contributed by atoms with E-state index in [1.165, 1.54) is 12.0 Å². The van der Waals surface area contributed by atoms with Gasteiger partial charge in [0.05, 0.1) is 19.1 Å². The normalized spacial score (nSPS) is 12.7. The summed E-state index contributed by atoms with van der Waals surface area (Å²) in [6.07, 6.45) is 2.06. The molecule has 0 aromatic heterocycles. The van der Waals surface area contributed by atoms with Crippen molar-refractivity contribution in [2.75, 3.05) is 24.2 Å². The van der Waals surface area contributed by atoms with Crippen molar-refractivity contribution in [1.82, 2.24) is 10.2 Å². The fourth-order valence-corrected chi connectivity index (χ4v) is 5.21. The molecule has 2 atom stereocenters. The van der Waals surface area contributed by atoms with Crippen LogP contribution in [0.5, 0.6) is 5.75 Å². The monoisotopic (exact) mass is 565 g/mol. The van der Waals surface area contributed by atoms with Crippen molar-refractivity contribution in [2.45, 2.75) is 52.2 Å². The summed E-state index contributed by atoms with van der Waals surface area (Å²) >= 11 is 0. The summed E-state index contributed by atoms with van der Waals surface area (Å²) in [6.45, 7) is 5.36. The number of rotatable bonds is 13. The number of nitrogens with zero attached hydrogens (tertiary/aromatic N) is 2. The lowest BCUT2D eigenvalue weighted by atomic mass is 10.0. The Labute approximate surface area is 238 Å². The summed E-state index contributed by atoms with van der Waals surface area (Å²) in [4.78, 5) is 29.3. The van der Waals surface area contributed by atoms with Gasteiger partial charge in [0, 0.05) is 19.0 Å². The Bertz CT molecular complexity index is 1380. The number of carbonyl (C=O) groups is 2. The van der Waals surface area contributed by atoms with E-state index in [1.54, 1.807) is 18.2 Å². The molecule has 8 nitrogen and oxygen atoms in total. The summed E-state index contributed by atoms with van der Waals surface area (Å²) < 4.78 is 32.5. The van der Waals surface area contributed by atoms with Crippen molar-refractivity contribution in [3.8, 4) is 5.75 Å². The first-order valence-corrected chi connectivity index (χ1v) is 15.2. The predicted molar refractivity (Wildman–Crippen MR) is 159 cm³/mol. The number of nitrogens with one attached hydrogen (secondary N) is 1. The number of ether oxygens (including phenoxy) is 1. The van der Waals surface area contributed by atoms with Gasteiger partial charge in [-0.25, -0.2) is 8.42 Å². The van der Waals surface area contributed by atoms with E-state index in [-0.39, 0.29) is 30.6 Å². The average Bonchev–Trinajstić information content (AvgIpc) is 2.93. The smallest absolute Gasteiger partial charge is 0.244 e. The molecule has 0 bridgehead atoms. The molecular weight excluding hydrogens is 526 g/mol. The number of sulfonamides is 1. The third-order valence-electron chi connectivity index (χ3n) is 6.75. The van der Waals surface area contributed by atoms with Crippen molar-refractivity contribution in [3.05, 3.63) is 95.6 Å². The predicted octanol–water partition coefficient (Wildman–Crippen LogP) is 4.32. The minimum atomic E-state index is -3.89. The van der Waals surface area contributed by atoms with Crippen LogP contribution in [0.3, 0.4) is 0 Å². The minimum absolute atomic E-state index is 0.0940. The van der Waals surface area contributed by atoms with Crippen LogP contribution in [0.25, 0.3) is 0 Å². The maximum Gasteiger partial charge on any atom is 0.244 e. The van der Waals surface area contributed by atoms with E-state index in [0.29, 0.717) is 5.75 Å². The zero-order chi connectivity index (χ0) is 29.3. The highest BCUT2D eigenvalue weighted by Gasteiger charge is 2.34. The first-order valence-electron chi connectivity index (χ1n) is 13.3. The Morgan fingerprint density at radius 3 is 2.10 bits per heavy atom. The fourth-order valence-electron chi connectivity index (χ4n) is 4.36. The molecule has 1 N–H and O–H groups in total. The van der Waals surface area contributed by atoms with Crippen LogP contribution in [0.1, 0.15) is 37.0 Å². The molecule has 0 heterocycles. The summed E-state index contributed by atoms with van der Waals surface area (Å²) in [5.74, 6) is -0.464. The molecule has 40 heavy (non-hydrogen) atoms. The van der Waals surface area contributed by atoms with Crippen LogP contribution in [0.4, 0.5) is 5.69 Å². The highest BCUT2D eigenvalue weighted by Crippen LogP contribution is 2.31. The molecule has 0 saturated heterocycles. The Kier molecular flexibility index (Phi) is 10.7. The van der Waals surface area contributed by atoms with Crippen LogP contribution in [0.15, 0.2) is 78.9 Å². The lowest BCUT2D eigenvalue weighted by Gasteiger charge is -2.34. The molecule has 0 radical (unpaired) electrons. The minimum Gasteiger partial charge on any atom is -0.495 e. The molecule has 0 aliphatic heterocycles. The highest BCUT2D eigenvalue weighted by atomic mass is 32.2. The summed E-state index contributed by atoms with van der Waals surface area (Å²) in [5, 5.41) is 3.03. The Balaban J connectivity index is 2.08. The van der Waals surface area contributed by atoms with Crippen LogP contribution in [0, 0.1) is 6.92 Å². The second kappa shape index (κ2) is 14.0. The number of methoxy groups -OCH3 is 1. The topological polar surface area (TPSA) is 96.0 Å². The van der Waals surface area contributed by atoms with Gasteiger partial charge >= 0.3 is 0 Å². The average molecular weight is 566 g/mol. The maximum atomic E-state index is 14.2. The van der Waals surface area contributed by atoms with Gasteiger partial charge < -0.3 is 15.0 Å². The zero-order valence-electron chi connectivity index (χ0n) is 23.8. The molecule has 214 valence electrons. The second-order valence-corrected chi connectivity index (χ2v) is 11.9. The molecule has 0 fully saturated rings. The van der Waals surface area contributed by atoms with Gasteiger partial charge in [-0.05, 0) is 49.1 Å². The Hall–Kier alpha value is -3.85. The van der Waals surface area contributed by atoms with Gasteiger partial charge in [0.15, 0.2) is 0 Å². The zero-order valence-corrected chi connectivity index (χ0v) is 24.6. The van der Waals surface area contributed by atoms with Crippen molar-refractivity contribution in [2.24, 2.45) is 0 Å². The van der Waals surface area contributed by atoms with Crippen LogP contribution in [-0.4, -0.2) is 57.1 Å². The molecule has 0 aliphatic rings. The molecule has 0 unspecified atom stereocenters. The van der Waals surface area contributed by atoms with Crippen LogP contribution < -0.4 is 14.4 Å². The van der Waals surface area contributed by atoms with Gasteiger partial charge in [0.2, 0.25) is 21.8 Å². The molecule has 0 saturated carbocycles. The Morgan fingerprint density at radius 2 is 1.55 bits per heavy atom.